The van der Waals surface area contributed by atoms with E-state index < -0.39 is 0 Å². The Morgan fingerprint density at radius 1 is 1.15 bits per heavy atom. The second-order valence-corrected chi connectivity index (χ2v) is 10.2. The highest BCUT2D eigenvalue weighted by molar-refractivity contribution is 5.93. The lowest BCUT2D eigenvalue weighted by Crippen LogP contribution is -2.41. The molecule has 6 rings (SSSR count). The van der Waals surface area contributed by atoms with Crippen molar-refractivity contribution < 1.29 is 9.84 Å². The molecule has 2 atom stereocenters. The van der Waals surface area contributed by atoms with Crippen LogP contribution in [-0.4, -0.2) is 71.5 Å². The Morgan fingerprint density at radius 3 is 2.79 bits per heavy atom. The van der Waals surface area contributed by atoms with E-state index in [9.17, 15) is 5.11 Å². The molecule has 1 aliphatic heterocycles. The van der Waals surface area contributed by atoms with Crippen LogP contribution in [0.4, 0.5) is 5.69 Å². The Labute approximate surface area is 226 Å². The quantitative estimate of drug-likeness (QED) is 0.317. The van der Waals surface area contributed by atoms with E-state index in [0.29, 0.717) is 42.1 Å². The molecule has 5 heterocycles. The van der Waals surface area contributed by atoms with E-state index in [1.807, 2.05) is 42.9 Å². The maximum Gasteiger partial charge on any atom is 0.302 e. The number of aryl methyl sites for hydroxylation is 1. The molecule has 1 aromatic carbocycles. The van der Waals surface area contributed by atoms with Crippen molar-refractivity contribution in [2.24, 2.45) is 13.0 Å². The van der Waals surface area contributed by atoms with Crippen molar-refractivity contribution in [1.29, 1.82) is 0 Å². The van der Waals surface area contributed by atoms with Gasteiger partial charge in [-0.2, -0.15) is 10.1 Å². The molecular formula is C29H30N8O2. The number of hydrogen-bond donors (Lipinski definition) is 1. The lowest BCUT2D eigenvalue weighted by atomic mass is 9.99. The number of benzene rings is 1. The van der Waals surface area contributed by atoms with Crippen LogP contribution in [0.1, 0.15) is 19.8 Å². The van der Waals surface area contributed by atoms with Gasteiger partial charge in [-0.3, -0.25) is 9.08 Å². The van der Waals surface area contributed by atoms with Crippen LogP contribution in [-0.2, 0) is 7.05 Å². The summed E-state index contributed by atoms with van der Waals surface area (Å²) < 4.78 is 10.0. The van der Waals surface area contributed by atoms with Crippen LogP contribution < -0.4 is 4.74 Å². The molecular weight excluding hydrogens is 492 g/mol. The van der Waals surface area contributed by atoms with E-state index in [4.69, 9.17) is 21.3 Å². The van der Waals surface area contributed by atoms with Crippen LogP contribution in [0.5, 0.6) is 6.01 Å². The van der Waals surface area contributed by atoms with Crippen LogP contribution in [0, 0.1) is 12.5 Å². The van der Waals surface area contributed by atoms with Gasteiger partial charge in [0.25, 0.3) is 0 Å². The zero-order valence-corrected chi connectivity index (χ0v) is 22.0. The van der Waals surface area contributed by atoms with E-state index in [2.05, 4.69) is 25.9 Å². The first-order valence-electron chi connectivity index (χ1n) is 13.2. The molecule has 0 spiro atoms. The van der Waals surface area contributed by atoms with Crippen LogP contribution in [0.3, 0.4) is 0 Å². The summed E-state index contributed by atoms with van der Waals surface area (Å²) in [5.74, 6) is 0.344. The van der Waals surface area contributed by atoms with Gasteiger partial charge in [-0.15, -0.1) is 0 Å². The van der Waals surface area contributed by atoms with Gasteiger partial charge in [0.15, 0.2) is 17.0 Å². The van der Waals surface area contributed by atoms with E-state index >= 15 is 0 Å². The number of aliphatic hydroxyl groups excluding tert-OH is 1. The standard InChI is InChI=1S/C29H30N8O2/c1-19(38)16-36-11-4-5-20(17-36)18-39-29-34-26(21-6-8-24(30-2)9-7-21)25(28-31-10-12-37(28)29)22-13-23-15-33-35(3)27(23)32-14-22/h6-10,12-15,19-20,38H,4-5,11,16-18H2,1,3H3/t19-,20+/m0/s1. The second kappa shape index (κ2) is 10.4. The van der Waals surface area contributed by atoms with E-state index in [1.54, 1.807) is 29.2 Å². The number of piperidine rings is 1. The van der Waals surface area contributed by atoms with Gasteiger partial charge in [-0.05, 0) is 37.9 Å². The summed E-state index contributed by atoms with van der Waals surface area (Å²) in [5.41, 5.74) is 5.36. The summed E-state index contributed by atoms with van der Waals surface area (Å²) in [6.45, 7) is 12.3. The van der Waals surface area contributed by atoms with Gasteiger partial charge in [0, 0.05) is 55.6 Å². The minimum absolute atomic E-state index is 0.344. The monoisotopic (exact) mass is 522 g/mol. The third-order valence-corrected chi connectivity index (χ3v) is 7.22. The number of aliphatic hydroxyl groups is 1. The maximum absolute atomic E-state index is 9.83. The fourth-order valence-electron chi connectivity index (χ4n) is 5.42. The number of pyridine rings is 1. The summed E-state index contributed by atoms with van der Waals surface area (Å²) in [6, 6.07) is 9.94. The van der Waals surface area contributed by atoms with Crippen LogP contribution >= 0.6 is 0 Å². The van der Waals surface area contributed by atoms with Crippen molar-refractivity contribution in [3.05, 3.63) is 66.5 Å². The topological polar surface area (TPSA) is 98.0 Å². The van der Waals surface area contributed by atoms with Gasteiger partial charge in [-0.25, -0.2) is 14.8 Å². The highest BCUT2D eigenvalue weighted by atomic mass is 16.5. The van der Waals surface area contributed by atoms with Crippen LogP contribution in [0.15, 0.2) is 55.1 Å². The first-order chi connectivity index (χ1) is 19.0. The van der Waals surface area contributed by atoms with Gasteiger partial charge in [-0.1, -0.05) is 24.3 Å². The summed E-state index contributed by atoms with van der Waals surface area (Å²) in [7, 11) is 1.87. The Hall–Kier alpha value is -4.33. The highest BCUT2D eigenvalue weighted by Crippen LogP contribution is 2.37. The van der Waals surface area contributed by atoms with Crippen molar-refractivity contribution >= 4 is 22.4 Å². The number of rotatable bonds is 7. The first-order valence-corrected chi connectivity index (χ1v) is 13.2. The molecule has 0 radical (unpaired) electrons. The van der Waals surface area contributed by atoms with Crippen molar-refractivity contribution in [3.63, 3.8) is 0 Å². The zero-order valence-electron chi connectivity index (χ0n) is 22.0. The Kier molecular flexibility index (Phi) is 6.69. The van der Waals surface area contributed by atoms with Crippen LogP contribution in [0.2, 0.25) is 0 Å². The molecule has 5 aromatic rings. The number of imidazole rings is 1. The van der Waals surface area contributed by atoms with Crippen molar-refractivity contribution in [2.75, 3.05) is 26.2 Å². The van der Waals surface area contributed by atoms with Gasteiger partial charge in [0.2, 0.25) is 0 Å². The molecule has 0 aliphatic carbocycles. The third kappa shape index (κ3) is 4.94. The predicted molar refractivity (Wildman–Crippen MR) is 149 cm³/mol. The highest BCUT2D eigenvalue weighted by Gasteiger charge is 2.24. The Balaban J connectivity index is 1.41. The van der Waals surface area contributed by atoms with Crippen molar-refractivity contribution in [3.8, 4) is 28.4 Å². The smallest absolute Gasteiger partial charge is 0.302 e. The number of nitrogens with zero attached hydrogens (tertiary/aromatic N) is 8. The molecule has 0 bridgehead atoms. The SMILES string of the molecule is [C-]#[N+]c1ccc(-c2nc(OC[C@@H]3CCCN(C[C@H](C)O)C3)n3ccnc3c2-c2cnc3c(cnn3C)c2)cc1. The van der Waals surface area contributed by atoms with Crippen LogP contribution in [0.25, 0.3) is 43.9 Å². The van der Waals surface area contributed by atoms with Gasteiger partial charge < -0.3 is 14.7 Å². The summed E-state index contributed by atoms with van der Waals surface area (Å²) in [5, 5.41) is 15.1. The van der Waals surface area contributed by atoms with Gasteiger partial charge >= 0.3 is 6.01 Å². The number of hydrogen-bond acceptors (Lipinski definition) is 7. The lowest BCUT2D eigenvalue weighted by Gasteiger charge is -2.33. The number of aromatic nitrogens is 6. The largest absolute Gasteiger partial charge is 0.464 e. The molecule has 1 saturated heterocycles. The van der Waals surface area contributed by atoms with Crippen molar-refractivity contribution in [2.45, 2.75) is 25.9 Å². The van der Waals surface area contributed by atoms with Crippen molar-refractivity contribution in [1.82, 2.24) is 34.0 Å². The molecule has 198 valence electrons. The number of ether oxygens (including phenoxy) is 1. The van der Waals surface area contributed by atoms with Gasteiger partial charge in [0.05, 0.1) is 36.7 Å². The molecule has 10 heteroatoms. The third-order valence-electron chi connectivity index (χ3n) is 7.22. The predicted octanol–water partition coefficient (Wildman–Crippen LogP) is 4.37. The Morgan fingerprint density at radius 2 is 2.00 bits per heavy atom. The number of likely N-dealkylation sites (tertiary alicyclic amines) is 1. The Bertz CT molecular complexity index is 1670. The zero-order chi connectivity index (χ0) is 26.9. The van der Waals surface area contributed by atoms with Gasteiger partial charge in [0.1, 0.15) is 0 Å². The number of fused-ring (bicyclic) bond motifs is 2. The summed E-state index contributed by atoms with van der Waals surface area (Å²) in [6.07, 6.45) is 9.05. The minimum atomic E-state index is -0.346. The lowest BCUT2D eigenvalue weighted by molar-refractivity contribution is 0.0778. The molecule has 4 aromatic heterocycles. The molecule has 1 fully saturated rings. The normalized spacial score (nSPS) is 16.9. The average molecular weight is 523 g/mol. The molecule has 10 nitrogen and oxygen atoms in total. The molecule has 0 unspecified atom stereocenters. The fraction of sp³-hybridized carbons (Fsp3) is 0.345. The molecule has 39 heavy (non-hydrogen) atoms. The molecule has 1 aliphatic rings. The average Bonchev–Trinajstić information content (AvgIpc) is 3.58. The summed E-state index contributed by atoms with van der Waals surface area (Å²) >= 11 is 0. The molecule has 0 saturated carbocycles. The van der Waals surface area contributed by atoms with E-state index in [-0.39, 0.29) is 6.10 Å². The maximum atomic E-state index is 9.83. The number of β-amino-alcohol motifs (C(OH)–C–C–N with tert-alkyl or cyclic N) is 1. The van der Waals surface area contributed by atoms with E-state index in [1.165, 1.54) is 0 Å². The first kappa shape index (κ1) is 25.0. The summed E-state index contributed by atoms with van der Waals surface area (Å²) in [4.78, 5) is 20.2. The van der Waals surface area contributed by atoms with E-state index in [0.717, 1.165) is 53.7 Å². The molecule has 1 N–H and O–H groups in total. The fourth-order valence-corrected chi connectivity index (χ4v) is 5.42. The second-order valence-electron chi connectivity index (χ2n) is 10.2. The molecule has 0 amide bonds. The minimum Gasteiger partial charge on any atom is -0.464 e.